The highest BCUT2D eigenvalue weighted by atomic mass is 32.2. The van der Waals surface area contributed by atoms with Gasteiger partial charge in [0.2, 0.25) is 0 Å². The number of nitrogens with one attached hydrogen (secondary N) is 2. The minimum Gasteiger partial charge on any atom is -0.385 e. The van der Waals surface area contributed by atoms with Crippen molar-refractivity contribution in [1.29, 1.82) is 0 Å². The summed E-state index contributed by atoms with van der Waals surface area (Å²) in [5.74, 6) is 0.693. The minimum atomic E-state index is -3.64. The van der Waals surface area contributed by atoms with Crippen LogP contribution in [0.4, 0.5) is 11.5 Å². The summed E-state index contributed by atoms with van der Waals surface area (Å²) in [5.41, 5.74) is 1.49. The Morgan fingerprint density at radius 3 is 2.31 bits per heavy atom. The van der Waals surface area contributed by atoms with Gasteiger partial charge in [-0.15, -0.1) is 0 Å². The highest BCUT2D eigenvalue weighted by Crippen LogP contribution is 2.24. The van der Waals surface area contributed by atoms with Crippen LogP contribution < -0.4 is 10.0 Å². The van der Waals surface area contributed by atoms with E-state index in [0.29, 0.717) is 18.1 Å². The third-order valence-electron chi connectivity index (χ3n) is 3.88. The third-order valence-corrected chi connectivity index (χ3v) is 5.27. The molecule has 26 heavy (non-hydrogen) atoms. The Hall–Kier alpha value is -2.12. The Morgan fingerprint density at radius 2 is 1.77 bits per heavy atom. The van der Waals surface area contributed by atoms with Crippen molar-refractivity contribution < 1.29 is 13.2 Å². The molecule has 1 aromatic heterocycles. The summed E-state index contributed by atoms with van der Waals surface area (Å²) in [7, 11) is -1.98. The molecule has 1 heterocycles. The average Bonchev–Trinajstić information content (AvgIpc) is 2.59. The highest BCUT2D eigenvalue weighted by molar-refractivity contribution is 7.92. The molecule has 0 atom stereocenters. The summed E-state index contributed by atoms with van der Waals surface area (Å²) in [6.07, 6.45) is 2.37. The maximum atomic E-state index is 12.5. The van der Waals surface area contributed by atoms with E-state index < -0.39 is 10.0 Å². The lowest BCUT2D eigenvalue weighted by Gasteiger charge is -2.19. The predicted octanol–water partition coefficient (Wildman–Crippen LogP) is 3.63. The molecule has 0 unspecified atom stereocenters. The van der Waals surface area contributed by atoms with Crippen LogP contribution >= 0.6 is 0 Å². The largest absolute Gasteiger partial charge is 0.385 e. The summed E-state index contributed by atoms with van der Waals surface area (Å²) in [6, 6.07) is 10.4. The average molecular weight is 378 g/mol. The number of rotatable bonds is 8. The van der Waals surface area contributed by atoms with Crippen LogP contribution in [0, 0.1) is 0 Å². The summed E-state index contributed by atoms with van der Waals surface area (Å²) in [6.45, 7) is 7.69. The molecule has 0 aliphatic heterocycles. The molecule has 0 fully saturated rings. The van der Waals surface area contributed by atoms with E-state index in [-0.39, 0.29) is 10.3 Å². The molecule has 0 aliphatic rings. The first-order valence-electron chi connectivity index (χ1n) is 8.54. The van der Waals surface area contributed by atoms with Crippen molar-refractivity contribution in [3.8, 4) is 0 Å². The van der Waals surface area contributed by atoms with Crippen LogP contribution in [0.2, 0.25) is 0 Å². The molecule has 2 aromatic rings. The number of aromatic nitrogens is 1. The number of hydrogen-bond acceptors (Lipinski definition) is 5. The fourth-order valence-electron chi connectivity index (χ4n) is 2.34. The Labute approximate surface area is 156 Å². The predicted molar refractivity (Wildman–Crippen MR) is 105 cm³/mol. The summed E-state index contributed by atoms with van der Waals surface area (Å²) in [5, 5.41) is 3.15. The van der Waals surface area contributed by atoms with E-state index in [2.05, 4.69) is 35.8 Å². The quantitative estimate of drug-likeness (QED) is 0.687. The van der Waals surface area contributed by atoms with Crippen molar-refractivity contribution in [1.82, 2.24) is 4.98 Å². The first-order chi connectivity index (χ1) is 12.2. The molecule has 0 bridgehead atoms. The SMILES string of the molecule is COCCCNc1ccc(NS(=O)(=O)c2ccc(C(C)(C)C)cc2)cn1. The van der Waals surface area contributed by atoms with Crippen LogP contribution in [-0.4, -0.2) is 33.7 Å². The summed E-state index contributed by atoms with van der Waals surface area (Å²) < 4.78 is 32.6. The number of nitrogens with zero attached hydrogens (tertiary/aromatic N) is 1. The van der Waals surface area contributed by atoms with E-state index in [1.807, 2.05) is 12.1 Å². The molecule has 0 saturated carbocycles. The summed E-state index contributed by atoms with van der Waals surface area (Å²) in [4.78, 5) is 4.45. The fourth-order valence-corrected chi connectivity index (χ4v) is 3.38. The Morgan fingerprint density at radius 1 is 1.08 bits per heavy atom. The Bertz CT molecular complexity index is 795. The lowest BCUT2D eigenvalue weighted by molar-refractivity contribution is 0.198. The van der Waals surface area contributed by atoms with Crippen molar-refractivity contribution in [3.63, 3.8) is 0 Å². The van der Waals surface area contributed by atoms with Crippen LogP contribution in [0.1, 0.15) is 32.8 Å². The molecule has 142 valence electrons. The third kappa shape index (κ3) is 5.71. The van der Waals surface area contributed by atoms with Crippen molar-refractivity contribution in [2.75, 3.05) is 30.3 Å². The van der Waals surface area contributed by atoms with Crippen LogP contribution in [-0.2, 0) is 20.2 Å². The van der Waals surface area contributed by atoms with Gasteiger partial charge in [0, 0.05) is 20.3 Å². The van der Waals surface area contributed by atoms with Gasteiger partial charge in [-0.25, -0.2) is 13.4 Å². The zero-order valence-corrected chi connectivity index (χ0v) is 16.6. The van der Waals surface area contributed by atoms with E-state index >= 15 is 0 Å². The van der Waals surface area contributed by atoms with Crippen molar-refractivity contribution in [2.24, 2.45) is 0 Å². The fraction of sp³-hybridized carbons (Fsp3) is 0.421. The lowest BCUT2D eigenvalue weighted by Crippen LogP contribution is -2.15. The van der Waals surface area contributed by atoms with Crippen molar-refractivity contribution >= 4 is 21.5 Å². The second-order valence-corrected chi connectivity index (χ2v) is 8.77. The Balaban J connectivity index is 2.02. The van der Waals surface area contributed by atoms with E-state index in [1.54, 1.807) is 31.4 Å². The highest BCUT2D eigenvalue weighted by Gasteiger charge is 2.17. The number of sulfonamides is 1. The number of anilines is 2. The van der Waals surface area contributed by atoms with Gasteiger partial charge in [0.05, 0.1) is 16.8 Å². The first-order valence-corrected chi connectivity index (χ1v) is 10.0. The number of methoxy groups -OCH3 is 1. The van der Waals surface area contributed by atoms with E-state index in [4.69, 9.17) is 4.74 Å². The monoisotopic (exact) mass is 377 g/mol. The van der Waals surface area contributed by atoms with Gasteiger partial charge in [0.15, 0.2) is 0 Å². The molecule has 7 heteroatoms. The number of hydrogen-bond donors (Lipinski definition) is 2. The molecular weight excluding hydrogens is 350 g/mol. The van der Waals surface area contributed by atoms with Gasteiger partial charge in [0.25, 0.3) is 10.0 Å². The van der Waals surface area contributed by atoms with Gasteiger partial charge in [-0.1, -0.05) is 32.9 Å². The topological polar surface area (TPSA) is 80.3 Å². The number of benzene rings is 1. The van der Waals surface area contributed by atoms with Crippen LogP contribution in [0.5, 0.6) is 0 Å². The molecule has 0 saturated heterocycles. The van der Waals surface area contributed by atoms with Gasteiger partial charge < -0.3 is 10.1 Å². The zero-order valence-electron chi connectivity index (χ0n) is 15.7. The van der Waals surface area contributed by atoms with Gasteiger partial charge in [0.1, 0.15) is 5.82 Å². The maximum Gasteiger partial charge on any atom is 0.261 e. The van der Waals surface area contributed by atoms with Gasteiger partial charge in [-0.05, 0) is 41.7 Å². The molecule has 1 aromatic carbocycles. The molecule has 0 radical (unpaired) electrons. The molecular formula is C19H27N3O3S. The van der Waals surface area contributed by atoms with Crippen molar-refractivity contribution in [2.45, 2.75) is 37.5 Å². The van der Waals surface area contributed by atoms with Crippen molar-refractivity contribution in [3.05, 3.63) is 48.2 Å². The van der Waals surface area contributed by atoms with Crippen LogP contribution in [0.3, 0.4) is 0 Å². The standard InChI is InChI=1S/C19H27N3O3S/c1-19(2,3)15-6-9-17(10-7-15)26(23,24)22-16-8-11-18(21-14-16)20-12-5-13-25-4/h6-11,14,22H,5,12-13H2,1-4H3,(H,20,21). The van der Waals surface area contributed by atoms with E-state index in [0.717, 1.165) is 18.5 Å². The normalized spacial score (nSPS) is 12.0. The molecule has 0 spiro atoms. The minimum absolute atomic E-state index is 0.0221. The Kier molecular flexibility index (Phi) is 6.61. The number of ether oxygens (including phenoxy) is 1. The van der Waals surface area contributed by atoms with Gasteiger partial charge in [-0.3, -0.25) is 4.72 Å². The smallest absolute Gasteiger partial charge is 0.261 e. The van der Waals surface area contributed by atoms with Crippen LogP contribution in [0.15, 0.2) is 47.5 Å². The summed E-state index contributed by atoms with van der Waals surface area (Å²) >= 11 is 0. The number of pyridine rings is 1. The molecule has 0 amide bonds. The van der Waals surface area contributed by atoms with E-state index in [1.165, 1.54) is 6.20 Å². The molecule has 0 aliphatic carbocycles. The lowest BCUT2D eigenvalue weighted by atomic mass is 9.87. The molecule has 6 nitrogen and oxygen atoms in total. The maximum absolute atomic E-state index is 12.5. The zero-order chi connectivity index (χ0) is 19.2. The first kappa shape index (κ1) is 20.2. The second kappa shape index (κ2) is 8.51. The second-order valence-electron chi connectivity index (χ2n) is 7.09. The molecule has 2 rings (SSSR count). The van der Waals surface area contributed by atoms with E-state index in [9.17, 15) is 8.42 Å². The van der Waals surface area contributed by atoms with Gasteiger partial charge >= 0.3 is 0 Å². The van der Waals surface area contributed by atoms with Crippen LogP contribution in [0.25, 0.3) is 0 Å². The van der Waals surface area contributed by atoms with Gasteiger partial charge in [-0.2, -0.15) is 0 Å². The molecule has 2 N–H and O–H groups in total.